The van der Waals surface area contributed by atoms with Gasteiger partial charge in [0.2, 0.25) is 0 Å². The molecule has 1 aromatic heterocycles. The Morgan fingerprint density at radius 3 is 2.70 bits per heavy atom. The van der Waals surface area contributed by atoms with Crippen LogP contribution >= 0.6 is 0 Å². The number of rotatable bonds is 8. The Kier molecular flexibility index (Phi) is 6.84. The third kappa shape index (κ3) is 5.46. The molecule has 0 unspecified atom stereocenters. The van der Waals surface area contributed by atoms with Crippen molar-refractivity contribution < 1.29 is 18.7 Å². The van der Waals surface area contributed by atoms with E-state index in [1.54, 1.807) is 13.0 Å². The topological polar surface area (TPSA) is 86.3 Å². The minimum atomic E-state index is -0.988. The Bertz CT molecular complexity index is 1130. The number of nitrogens with zero attached hydrogens (tertiary/aromatic N) is 1. The van der Waals surface area contributed by atoms with Crippen LogP contribution in [-0.2, 0) is 11.2 Å². The maximum absolute atomic E-state index is 14.1. The number of anilines is 2. The van der Waals surface area contributed by atoms with E-state index in [2.05, 4.69) is 20.9 Å². The summed E-state index contributed by atoms with van der Waals surface area (Å²) in [7, 11) is 0. The molecule has 2 aromatic carbocycles. The van der Waals surface area contributed by atoms with Gasteiger partial charge in [0, 0.05) is 12.6 Å². The molecular formula is C25H26F2N4O2. The number of aliphatic carboxylic acids is 1. The average Bonchev–Trinajstić information content (AvgIpc) is 2.81. The number of carboxylic acid groups (broad SMARTS) is 1. The van der Waals surface area contributed by atoms with E-state index in [0.29, 0.717) is 36.6 Å². The molecule has 172 valence electrons. The highest BCUT2D eigenvalue weighted by atomic mass is 19.1. The lowest BCUT2D eigenvalue weighted by Gasteiger charge is -2.34. The van der Waals surface area contributed by atoms with Crippen LogP contribution in [0.3, 0.4) is 0 Å². The third-order valence-electron chi connectivity index (χ3n) is 5.88. The summed E-state index contributed by atoms with van der Waals surface area (Å²) in [4.78, 5) is 15.4. The fourth-order valence-corrected chi connectivity index (χ4v) is 4.07. The molecule has 3 atom stereocenters. The number of hydrogen-bond donors (Lipinski definition) is 4. The van der Waals surface area contributed by atoms with Crippen LogP contribution in [0, 0.1) is 11.6 Å². The molecule has 0 saturated carbocycles. The number of carboxylic acids is 1. The van der Waals surface area contributed by atoms with Crippen molar-refractivity contribution in [2.24, 2.45) is 0 Å². The van der Waals surface area contributed by atoms with Crippen molar-refractivity contribution in [3.8, 4) is 0 Å². The molecule has 0 spiro atoms. The zero-order chi connectivity index (χ0) is 23.4. The van der Waals surface area contributed by atoms with Crippen LogP contribution in [-0.4, -0.2) is 35.2 Å². The highest BCUT2D eigenvalue weighted by molar-refractivity contribution is 5.75. The molecule has 6 nitrogen and oxygen atoms in total. The molecule has 0 amide bonds. The Morgan fingerprint density at radius 2 is 1.94 bits per heavy atom. The van der Waals surface area contributed by atoms with Crippen LogP contribution in [0.5, 0.6) is 0 Å². The first-order chi connectivity index (χ1) is 15.9. The van der Waals surface area contributed by atoms with Gasteiger partial charge in [0.15, 0.2) is 0 Å². The van der Waals surface area contributed by atoms with Gasteiger partial charge in [-0.2, -0.15) is 0 Å². The maximum atomic E-state index is 14.1. The van der Waals surface area contributed by atoms with Crippen molar-refractivity contribution in [1.29, 1.82) is 0 Å². The van der Waals surface area contributed by atoms with Gasteiger partial charge >= 0.3 is 5.97 Å². The van der Waals surface area contributed by atoms with Gasteiger partial charge in [-0.15, -0.1) is 0 Å². The summed E-state index contributed by atoms with van der Waals surface area (Å²) < 4.78 is 27.6. The van der Waals surface area contributed by atoms with E-state index in [0.717, 1.165) is 11.1 Å². The van der Waals surface area contributed by atoms with Gasteiger partial charge in [0.05, 0.1) is 29.9 Å². The predicted octanol–water partition coefficient (Wildman–Crippen LogP) is 4.33. The molecular weight excluding hydrogens is 426 g/mol. The van der Waals surface area contributed by atoms with E-state index in [-0.39, 0.29) is 12.1 Å². The summed E-state index contributed by atoms with van der Waals surface area (Å²) in [6.45, 7) is 2.65. The number of fused-ring (bicyclic) bond motifs is 1. The molecule has 2 heterocycles. The molecule has 0 fully saturated rings. The number of carbonyl (C=O) groups is 1. The van der Waals surface area contributed by atoms with E-state index in [9.17, 15) is 18.7 Å². The molecule has 8 heteroatoms. The van der Waals surface area contributed by atoms with Crippen LogP contribution < -0.4 is 16.0 Å². The summed E-state index contributed by atoms with van der Waals surface area (Å²) in [6.07, 6.45) is 1.71. The molecule has 3 aromatic rings. The molecule has 1 aliphatic heterocycles. The van der Waals surface area contributed by atoms with E-state index in [1.807, 2.05) is 30.3 Å². The van der Waals surface area contributed by atoms with Gasteiger partial charge < -0.3 is 21.1 Å². The second-order valence-electron chi connectivity index (χ2n) is 8.23. The standard InChI is InChI=1S/C25H26F2N4O2/c1-15(25(32)33)18-9-16(10-19(26)11-18)7-8-28-23(17-5-3-2-4-6-17)22-14-29-21-12-20(27)13-30-24(21)31-22/h2-6,9-13,15,22-23,28-29H,7-8,14H2,1H3,(H,30,31)(H,32,33)/t15-,22+,23+/m0/s1. The first-order valence-electron chi connectivity index (χ1n) is 10.9. The van der Waals surface area contributed by atoms with Crippen LogP contribution in [0.4, 0.5) is 20.3 Å². The monoisotopic (exact) mass is 452 g/mol. The van der Waals surface area contributed by atoms with Crippen LogP contribution in [0.2, 0.25) is 0 Å². The number of pyridine rings is 1. The Morgan fingerprint density at radius 1 is 1.15 bits per heavy atom. The number of benzene rings is 2. The molecule has 4 N–H and O–H groups in total. The zero-order valence-corrected chi connectivity index (χ0v) is 18.2. The lowest BCUT2D eigenvalue weighted by molar-refractivity contribution is -0.138. The van der Waals surface area contributed by atoms with Crippen LogP contribution in [0.25, 0.3) is 0 Å². The minimum Gasteiger partial charge on any atom is -0.481 e. The van der Waals surface area contributed by atoms with Gasteiger partial charge in [-0.1, -0.05) is 36.4 Å². The van der Waals surface area contributed by atoms with Gasteiger partial charge in [0.25, 0.3) is 0 Å². The van der Waals surface area contributed by atoms with Crippen LogP contribution in [0.1, 0.15) is 35.6 Å². The highest BCUT2D eigenvalue weighted by Crippen LogP contribution is 2.29. The van der Waals surface area contributed by atoms with E-state index in [1.165, 1.54) is 24.4 Å². The van der Waals surface area contributed by atoms with E-state index < -0.39 is 23.5 Å². The predicted molar refractivity (Wildman–Crippen MR) is 123 cm³/mol. The number of nitrogens with one attached hydrogen (secondary N) is 3. The Labute approximate surface area is 191 Å². The molecule has 0 saturated heterocycles. The largest absolute Gasteiger partial charge is 0.481 e. The second-order valence-corrected chi connectivity index (χ2v) is 8.23. The van der Waals surface area contributed by atoms with E-state index in [4.69, 9.17) is 0 Å². The zero-order valence-electron chi connectivity index (χ0n) is 18.2. The quantitative estimate of drug-likeness (QED) is 0.407. The highest BCUT2D eigenvalue weighted by Gasteiger charge is 2.27. The summed E-state index contributed by atoms with van der Waals surface area (Å²) in [5.41, 5.74) is 2.87. The first kappa shape index (κ1) is 22.7. The summed E-state index contributed by atoms with van der Waals surface area (Å²) in [5.74, 6) is -2.01. The van der Waals surface area contributed by atoms with Crippen molar-refractivity contribution in [1.82, 2.24) is 10.3 Å². The SMILES string of the molecule is C[C@H](C(=O)O)c1cc(F)cc(CCN[C@H](c2ccccc2)[C@H]2CNc3cc(F)cnc3N2)c1. The molecule has 33 heavy (non-hydrogen) atoms. The lowest BCUT2D eigenvalue weighted by atomic mass is 9.96. The second kappa shape index (κ2) is 9.95. The van der Waals surface area contributed by atoms with Crippen molar-refractivity contribution in [3.63, 3.8) is 0 Å². The normalized spacial score (nSPS) is 16.8. The van der Waals surface area contributed by atoms with Gasteiger partial charge in [-0.05, 0) is 48.7 Å². The fraction of sp³-hybridized carbons (Fsp3) is 0.280. The molecule has 0 bridgehead atoms. The van der Waals surface area contributed by atoms with Crippen molar-refractivity contribution >= 4 is 17.5 Å². The first-order valence-corrected chi connectivity index (χ1v) is 10.9. The smallest absolute Gasteiger partial charge is 0.310 e. The molecule has 4 rings (SSSR count). The number of hydrogen-bond acceptors (Lipinski definition) is 5. The van der Waals surface area contributed by atoms with Gasteiger partial charge in [-0.25, -0.2) is 13.8 Å². The third-order valence-corrected chi connectivity index (χ3v) is 5.88. The lowest BCUT2D eigenvalue weighted by Crippen LogP contribution is -2.44. The Balaban J connectivity index is 1.49. The summed E-state index contributed by atoms with van der Waals surface area (Å²) in [6, 6.07) is 15.7. The minimum absolute atomic E-state index is 0.0621. The van der Waals surface area contributed by atoms with Crippen molar-refractivity contribution in [2.45, 2.75) is 31.3 Å². The van der Waals surface area contributed by atoms with Gasteiger partial charge in [-0.3, -0.25) is 4.79 Å². The molecule has 0 radical (unpaired) electrons. The fourth-order valence-electron chi connectivity index (χ4n) is 4.07. The van der Waals surface area contributed by atoms with Gasteiger partial charge in [0.1, 0.15) is 17.5 Å². The molecule has 0 aliphatic carbocycles. The number of aromatic nitrogens is 1. The Hall–Kier alpha value is -3.52. The van der Waals surface area contributed by atoms with Crippen molar-refractivity contribution in [2.75, 3.05) is 23.7 Å². The van der Waals surface area contributed by atoms with Crippen molar-refractivity contribution in [3.05, 3.63) is 89.1 Å². The summed E-state index contributed by atoms with van der Waals surface area (Å²) in [5, 5.41) is 19.4. The maximum Gasteiger partial charge on any atom is 0.310 e. The van der Waals surface area contributed by atoms with E-state index >= 15 is 0 Å². The molecule has 1 aliphatic rings. The average molecular weight is 453 g/mol. The summed E-state index contributed by atoms with van der Waals surface area (Å²) >= 11 is 0. The number of halogens is 2. The van der Waals surface area contributed by atoms with Crippen LogP contribution in [0.15, 0.2) is 60.8 Å².